The summed E-state index contributed by atoms with van der Waals surface area (Å²) in [5.74, 6) is -0.200. The number of rotatable bonds is 5. The highest BCUT2D eigenvalue weighted by Gasteiger charge is 2.16. The summed E-state index contributed by atoms with van der Waals surface area (Å²) in [6, 6.07) is 10.7. The summed E-state index contributed by atoms with van der Waals surface area (Å²) >= 11 is 0. The SMILES string of the molecule is CN(CCc1ccncc1)C(=O)c1ccc(C(=O)NC(C)(C)C)cc1. The highest BCUT2D eigenvalue weighted by Crippen LogP contribution is 2.10. The number of pyridine rings is 1. The Morgan fingerprint density at radius 1 is 1.00 bits per heavy atom. The molecule has 0 aliphatic rings. The number of likely N-dealkylation sites (N-methyl/N-ethyl adjacent to an activating group) is 1. The van der Waals surface area contributed by atoms with Crippen LogP contribution in [0.3, 0.4) is 0 Å². The topological polar surface area (TPSA) is 62.3 Å². The Hall–Kier alpha value is -2.69. The van der Waals surface area contributed by atoms with Crippen LogP contribution in [0.4, 0.5) is 0 Å². The maximum Gasteiger partial charge on any atom is 0.253 e. The van der Waals surface area contributed by atoms with Crippen molar-refractivity contribution >= 4 is 11.8 Å². The van der Waals surface area contributed by atoms with Crippen LogP contribution in [0.1, 0.15) is 47.1 Å². The third-order valence-corrected chi connectivity index (χ3v) is 3.71. The van der Waals surface area contributed by atoms with E-state index in [-0.39, 0.29) is 17.4 Å². The van der Waals surface area contributed by atoms with Gasteiger partial charge in [-0.25, -0.2) is 0 Å². The van der Waals surface area contributed by atoms with Gasteiger partial charge in [0.25, 0.3) is 11.8 Å². The quantitative estimate of drug-likeness (QED) is 0.911. The van der Waals surface area contributed by atoms with E-state index in [4.69, 9.17) is 0 Å². The molecule has 0 aliphatic carbocycles. The average molecular weight is 339 g/mol. The van der Waals surface area contributed by atoms with Crippen molar-refractivity contribution in [2.45, 2.75) is 32.7 Å². The van der Waals surface area contributed by atoms with Crippen LogP contribution >= 0.6 is 0 Å². The van der Waals surface area contributed by atoms with Gasteiger partial charge in [-0.1, -0.05) is 0 Å². The Balaban J connectivity index is 1.96. The van der Waals surface area contributed by atoms with Crippen LogP contribution in [0.5, 0.6) is 0 Å². The second-order valence-corrected chi connectivity index (χ2v) is 7.11. The Morgan fingerprint density at radius 3 is 2.12 bits per heavy atom. The molecule has 0 bridgehead atoms. The molecule has 0 aliphatic heterocycles. The van der Waals surface area contributed by atoms with Crippen LogP contribution in [0, 0.1) is 0 Å². The second kappa shape index (κ2) is 7.92. The average Bonchev–Trinajstić information content (AvgIpc) is 2.58. The highest BCUT2D eigenvalue weighted by molar-refractivity contribution is 5.98. The molecule has 1 aromatic carbocycles. The van der Waals surface area contributed by atoms with Gasteiger partial charge in [-0.3, -0.25) is 14.6 Å². The van der Waals surface area contributed by atoms with Crippen molar-refractivity contribution in [1.82, 2.24) is 15.2 Å². The van der Waals surface area contributed by atoms with E-state index < -0.39 is 0 Å². The number of aromatic nitrogens is 1. The zero-order valence-electron chi connectivity index (χ0n) is 15.2. The van der Waals surface area contributed by atoms with Crippen molar-refractivity contribution in [2.24, 2.45) is 0 Å². The fourth-order valence-corrected chi connectivity index (χ4v) is 2.35. The molecule has 0 saturated carbocycles. The highest BCUT2D eigenvalue weighted by atomic mass is 16.2. The van der Waals surface area contributed by atoms with Gasteiger partial charge >= 0.3 is 0 Å². The van der Waals surface area contributed by atoms with Gasteiger partial charge < -0.3 is 10.2 Å². The molecule has 2 rings (SSSR count). The third kappa shape index (κ3) is 5.71. The second-order valence-electron chi connectivity index (χ2n) is 7.11. The zero-order chi connectivity index (χ0) is 18.4. The first-order valence-corrected chi connectivity index (χ1v) is 8.33. The van der Waals surface area contributed by atoms with Crippen LogP contribution in [0.25, 0.3) is 0 Å². The van der Waals surface area contributed by atoms with Crippen molar-refractivity contribution < 1.29 is 9.59 Å². The lowest BCUT2D eigenvalue weighted by atomic mass is 10.1. The van der Waals surface area contributed by atoms with E-state index in [1.165, 1.54) is 0 Å². The first-order valence-electron chi connectivity index (χ1n) is 8.33. The molecule has 0 saturated heterocycles. The molecule has 25 heavy (non-hydrogen) atoms. The zero-order valence-corrected chi connectivity index (χ0v) is 15.2. The van der Waals surface area contributed by atoms with Gasteiger partial charge in [-0.05, 0) is 69.2 Å². The van der Waals surface area contributed by atoms with Crippen molar-refractivity contribution in [3.8, 4) is 0 Å². The molecule has 1 aromatic heterocycles. The van der Waals surface area contributed by atoms with Crippen LogP contribution in [0.2, 0.25) is 0 Å². The Morgan fingerprint density at radius 2 is 1.56 bits per heavy atom. The molecule has 1 heterocycles. The lowest BCUT2D eigenvalue weighted by Crippen LogP contribution is -2.40. The first kappa shape index (κ1) is 18.6. The molecule has 5 nitrogen and oxygen atoms in total. The van der Waals surface area contributed by atoms with E-state index in [0.717, 1.165) is 12.0 Å². The molecule has 0 radical (unpaired) electrons. The Bertz CT molecular complexity index is 719. The summed E-state index contributed by atoms with van der Waals surface area (Å²) in [6.07, 6.45) is 4.27. The minimum atomic E-state index is -0.293. The lowest BCUT2D eigenvalue weighted by Gasteiger charge is -2.21. The van der Waals surface area contributed by atoms with E-state index in [2.05, 4.69) is 10.3 Å². The molecule has 0 atom stereocenters. The van der Waals surface area contributed by atoms with Gasteiger partial charge in [-0.15, -0.1) is 0 Å². The predicted octanol–water partition coefficient (Wildman–Crippen LogP) is 2.92. The maximum absolute atomic E-state index is 12.5. The molecule has 0 spiro atoms. The largest absolute Gasteiger partial charge is 0.347 e. The van der Waals surface area contributed by atoms with E-state index >= 15 is 0 Å². The fourth-order valence-electron chi connectivity index (χ4n) is 2.35. The van der Waals surface area contributed by atoms with Gasteiger partial charge in [0.05, 0.1) is 0 Å². The van der Waals surface area contributed by atoms with Gasteiger partial charge in [-0.2, -0.15) is 0 Å². The number of benzene rings is 1. The number of carbonyl (C=O) groups excluding carboxylic acids is 2. The van der Waals surface area contributed by atoms with Crippen molar-refractivity contribution in [3.05, 3.63) is 65.5 Å². The molecular formula is C20H25N3O2. The lowest BCUT2D eigenvalue weighted by molar-refractivity contribution is 0.0795. The first-order chi connectivity index (χ1) is 11.8. The summed E-state index contributed by atoms with van der Waals surface area (Å²) in [6.45, 7) is 6.41. The van der Waals surface area contributed by atoms with E-state index in [1.54, 1.807) is 48.6 Å². The fraction of sp³-hybridized carbons (Fsp3) is 0.350. The molecule has 2 amide bonds. The number of hydrogen-bond acceptors (Lipinski definition) is 3. The molecule has 2 aromatic rings. The van der Waals surface area contributed by atoms with E-state index in [0.29, 0.717) is 17.7 Å². The van der Waals surface area contributed by atoms with Crippen molar-refractivity contribution in [1.29, 1.82) is 0 Å². The van der Waals surface area contributed by atoms with Crippen LogP contribution in [-0.2, 0) is 6.42 Å². The number of nitrogens with one attached hydrogen (secondary N) is 1. The standard InChI is InChI=1S/C20H25N3O2/c1-20(2,3)22-18(24)16-5-7-17(8-6-16)19(25)23(4)14-11-15-9-12-21-13-10-15/h5-10,12-13H,11,14H2,1-4H3,(H,22,24). The van der Waals surface area contributed by atoms with Gasteiger partial charge in [0.15, 0.2) is 0 Å². The Labute approximate surface area is 149 Å². The molecule has 1 N–H and O–H groups in total. The number of hydrogen-bond donors (Lipinski definition) is 1. The van der Waals surface area contributed by atoms with Crippen LogP contribution in [-0.4, -0.2) is 40.8 Å². The summed E-state index contributed by atoms with van der Waals surface area (Å²) in [4.78, 5) is 30.3. The number of nitrogens with zero attached hydrogens (tertiary/aromatic N) is 2. The van der Waals surface area contributed by atoms with Crippen LogP contribution < -0.4 is 5.32 Å². The summed E-state index contributed by atoms with van der Waals surface area (Å²) in [5, 5.41) is 2.91. The third-order valence-electron chi connectivity index (χ3n) is 3.71. The molecule has 0 fully saturated rings. The smallest absolute Gasteiger partial charge is 0.253 e. The van der Waals surface area contributed by atoms with Crippen LogP contribution in [0.15, 0.2) is 48.8 Å². The normalized spacial score (nSPS) is 11.0. The van der Waals surface area contributed by atoms with E-state index in [1.807, 2.05) is 32.9 Å². The summed E-state index contributed by atoms with van der Waals surface area (Å²) < 4.78 is 0. The number of amides is 2. The van der Waals surface area contributed by atoms with Crippen molar-refractivity contribution in [3.63, 3.8) is 0 Å². The summed E-state index contributed by atoms with van der Waals surface area (Å²) in [5.41, 5.74) is 1.97. The monoisotopic (exact) mass is 339 g/mol. The van der Waals surface area contributed by atoms with Gasteiger partial charge in [0.2, 0.25) is 0 Å². The van der Waals surface area contributed by atoms with Gasteiger partial charge in [0.1, 0.15) is 0 Å². The minimum Gasteiger partial charge on any atom is -0.347 e. The minimum absolute atomic E-state index is 0.0585. The van der Waals surface area contributed by atoms with Gasteiger partial charge in [0, 0.05) is 42.7 Å². The Kier molecular flexibility index (Phi) is 5.91. The molecule has 0 unspecified atom stereocenters. The summed E-state index contributed by atoms with van der Waals surface area (Å²) in [7, 11) is 1.78. The van der Waals surface area contributed by atoms with Crippen molar-refractivity contribution in [2.75, 3.05) is 13.6 Å². The molecule has 5 heteroatoms. The van der Waals surface area contributed by atoms with E-state index in [9.17, 15) is 9.59 Å². The molecule has 132 valence electrons. The predicted molar refractivity (Wildman–Crippen MR) is 98.6 cm³/mol. The molecular weight excluding hydrogens is 314 g/mol. The number of carbonyl (C=O) groups is 2. The maximum atomic E-state index is 12.5.